The van der Waals surface area contributed by atoms with Crippen molar-refractivity contribution in [2.45, 2.75) is 73.0 Å². The zero-order valence-corrected chi connectivity index (χ0v) is 24.7. The average molecular weight is 538 g/mol. The lowest BCUT2D eigenvalue weighted by Gasteiger charge is -2.24. The Labute approximate surface area is 239 Å². The van der Waals surface area contributed by atoms with Gasteiger partial charge in [-0.25, -0.2) is 9.78 Å². The number of benzene rings is 3. The van der Waals surface area contributed by atoms with E-state index in [1.54, 1.807) is 0 Å². The Hall–Kier alpha value is -3.70. The minimum atomic E-state index is -0.305. The second kappa shape index (κ2) is 14.1. The highest BCUT2D eigenvalue weighted by molar-refractivity contribution is 5.89. The number of hydrogen-bond donors (Lipinski definition) is 0. The molecular weight excluding hydrogens is 494 g/mol. The van der Waals surface area contributed by atoms with Gasteiger partial charge in [-0.2, -0.15) is 0 Å². The molecular formula is C35H43N3O2. The number of methoxy groups -OCH3 is 1. The van der Waals surface area contributed by atoms with E-state index in [-0.39, 0.29) is 5.97 Å². The van der Waals surface area contributed by atoms with E-state index in [1.807, 2.05) is 24.3 Å². The van der Waals surface area contributed by atoms with Crippen molar-refractivity contribution in [3.05, 3.63) is 101 Å². The van der Waals surface area contributed by atoms with E-state index in [0.717, 1.165) is 68.9 Å². The summed E-state index contributed by atoms with van der Waals surface area (Å²) in [5, 5.41) is 0. The minimum Gasteiger partial charge on any atom is -0.465 e. The summed E-state index contributed by atoms with van der Waals surface area (Å²) < 4.78 is 7.36. The maximum Gasteiger partial charge on any atom is 0.337 e. The van der Waals surface area contributed by atoms with Crippen LogP contribution in [0.1, 0.15) is 72.3 Å². The molecule has 0 aliphatic carbocycles. The van der Waals surface area contributed by atoms with Crippen LogP contribution in [0, 0.1) is 13.8 Å². The van der Waals surface area contributed by atoms with Crippen molar-refractivity contribution >= 4 is 5.97 Å². The summed E-state index contributed by atoms with van der Waals surface area (Å²) >= 11 is 0. The summed E-state index contributed by atoms with van der Waals surface area (Å²) in [7, 11) is 1.42. The predicted molar refractivity (Wildman–Crippen MR) is 164 cm³/mol. The molecule has 0 bridgehead atoms. The van der Waals surface area contributed by atoms with Crippen molar-refractivity contribution < 1.29 is 9.53 Å². The Morgan fingerprint density at radius 1 is 0.875 bits per heavy atom. The standard InChI is InChI=1S/C35H43N3O2/c1-6-8-22-37(24-28-16-20-30(21-17-28)35(39)40-5)25-32-33(29-18-14-26(3)15-19-29)36-34(38(32)23-9-7-2)31-13-11-10-12-27(31)4/h10-21H,6-9,22-25H2,1-5H3. The van der Waals surface area contributed by atoms with Gasteiger partial charge in [-0.15, -0.1) is 0 Å². The van der Waals surface area contributed by atoms with E-state index in [0.29, 0.717) is 5.56 Å². The number of ether oxygens (including phenoxy) is 1. The van der Waals surface area contributed by atoms with Crippen LogP contribution in [0.5, 0.6) is 0 Å². The molecule has 0 aliphatic rings. The normalized spacial score (nSPS) is 11.2. The van der Waals surface area contributed by atoms with E-state index >= 15 is 0 Å². The number of aryl methyl sites for hydroxylation is 2. The van der Waals surface area contributed by atoms with Gasteiger partial charge in [0.05, 0.1) is 24.1 Å². The highest BCUT2D eigenvalue weighted by Crippen LogP contribution is 2.33. The highest BCUT2D eigenvalue weighted by Gasteiger charge is 2.22. The average Bonchev–Trinajstić information content (AvgIpc) is 3.32. The van der Waals surface area contributed by atoms with Crippen molar-refractivity contribution in [1.29, 1.82) is 0 Å². The highest BCUT2D eigenvalue weighted by atomic mass is 16.5. The summed E-state index contributed by atoms with van der Waals surface area (Å²) in [6.45, 7) is 12.3. The number of hydrogen-bond acceptors (Lipinski definition) is 4. The molecule has 5 nitrogen and oxygen atoms in total. The topological polar surface area (TPSA) is 47.4 Å². The van der Waals surface area contributed by atoms with Gasteiger partial charge < -0.3 is 9.30 Å². The van der Waals surface area contributed by atoms with Gasteiger partial charge in [0.25, 0.3) is 0 Å². The minimum absolute atomic E-state index is 0.305. The van der Waals surface area contributed by atoms with Crippen LogP contribution in [0.25, 0.3) is 22.6 Å². The van der Waals surface area contributed by atoms with Crippen LogP contribution >= 0.6 is 0 Å². The van der Waals surface area contributed by atoms with Crippen LogP contribution in [0.3, 0.4) is 0 Å². The lowest BCUT2D eigenvalue weighted by molar-refractivity contribution is 0.0600. The summed E-state index contributed by atoms with van der Waals surface area (Å²) in [4.78, 5) is 19.8. The fourth-order valence-corrected chi connectivity index (χ4v) is 5.11. The molecule has 0 radical (unpaired) electrons. The number of unbranched alkanes of at least 4 members (excludes halogenated alkanes) is 2. The van der Waals surface area contributed by atoms with Gasteiger partial charge in [0.2, 0.25) is 0 Å². The second-order valence-corrected chi connectivity index (χ2v) is 10.7. The van der Waals surface area contributed by atoms with Gasteiger partial charge in [0, 0.05) is 30.8 Å². The van der Waals surface area contributed by atoms with Gasteiger partial charge in [-0.1, -0.05) is 92.9 Å². The zero-order valence-electron chi connectivity index (χ0n) is 24.7. The van der Waals surface area contributed by atoms with E-state index in [9.17, 15) is 4.79 Å². The number of esters is 1. The molecule has 5 heteroatoms. The van der Waals surface area contributed by atoms with Crippen molar-refractivity contribution in [2.75, 3.05) is 13.7 Å². The molecule has 0 atom stereocenters. The van der Waals surface area contributed by atoms with Crippen molar-refractivity contribution in [2.24, 2.45) is 0 Å². The zero-order chi connectivity index (χ0) is 28.5. The number of rotatable bonds is 13. The molecule has 4 aromatic rings. The SMILES string of the molecule is CCCCN(Cc1ccc(C(=O)OC)cc1)Cc1c(-c2ccc(C)cc2)nc(-c2ccccc2C)n1CCCC. The largest absolute Gasteiger partial charge is 0.465 e. The lowest BCUT2D eigenvalue weighted by atomic mass is 10.1. The molecule has 0 saturated carbocycles. The van der Waals surface area contributed by atoms with Gasteiger partial charge in [-0.05, 0) is 56.5 Å². The molecule has 0 saturated heterocycles. The maximum atomic E-state index is 11.9. The molecule has 0 unspecified atom stereocenters. The summed E-state index contributed by atoms with van der Waals surface area (Å²) in [6, 6.07) is 25.1. The molecule has 0 amide bonds. The van der Waals surface area contributed by atoms with Gasteiger partial charge in [-0.3, -0.25) is 4.90 Å². The summed E-state index contributed by atoms with van der Waals surface area (Å²) in [5.74, 6) is 0.746. The molecule has 0 N–H and O–H groups in total. The Morgan fingerprint density at radius 2 is 1.57 bits per heavy atom. The Bertz CT molecular complexity index is 1390. The third kappa shape index (κ3) is 7.08. The quantitative estimate of drug-likeness (QED) is 0.161. The van der Waals surface area contributed by atoms with E-state index < -0.39 is 0 Å². The monoisotopic (exact) mass is 537 g/mol. The van der Waals surface area contributed by atoms with E-state index in [4.69, 9.17) is 9.72 Å². The van der Waals surface area contributed by atoms with Gasteiger partial charge in [0.15, 0.2) is 0 Å². The Kier molecular flexibility index (Phi) is 10.3. The molecule has 4 rings (SSSR count). The Balaban J connectivity index is 1.79. The second-order valence-electron chi connectivity index (χ2n) is 10.7. The molecule has 0 spiro atoms. The van der Waals surface area contributed by atoms with E-state index in [2.05, 4.69) is 85.7 Å². The molecule has 0 aliphatic heterocycles. The van der Waals surface area contributed by atoms with Crippen LogP contribution in [0.2, 0.25) is 0 Å². The first kappa shape index (κ1) is 29.3. The van der Waals surface area contributed by atoms with Crippen LogP contribution in [0.15, 0.2) is 72.8 Å². The predicted octanol–water partition coefficient (Wildman–Crippen LogP) is 8.22. The first-order chi connectivity index (χ1) is 19.4. The van der Waals surface area contributed by atoms with Gasteiger partial charge >= 0.3 is 5.97 Å². The van der Waals surface area contributed by atoms with Crippen molar-refractivity contribution in [3.8, 4) is 22.6 Å². The molecule has 1 aromatic heterocycles. The third-order valence-corrected chi connectivity index (χ3v) is 7.50. The first-order valence-electron chi connectivity index (χ1n) is 14.6. The van der Waals surface area contributed by atoms with Crippen LogP contribution in [0.4, 0.5) is 0 Å². The number of nitrogens with zero attached hydrogens (tertiary/aromatic N) is 3. The van der Waals surface area contributed by atoms with Gasteiger partial charge in [0.1, 0.15) is 5.82 Å². The van der Waals surface area contributed by atoms with E-state index in [1.165, 1.54) is 35.1 Å². The fraction of sp³-hybridized carbons (Fsp3) is 0.371. The summed E-state index contributed by atoms with van der Waals surface area (Å²) in [5.41, 5.74) is 8.92. The molecule has 40 heavy (non-hydrogen) atoms. The number of imidazole rings is 1. The van der Waals surface area contributed by atoms with Crippen LogP contribution < -0.4 is 0 Å². The lowest BCUT2D eigenvalue weighted by Crippen LogP contribution is -2.26. The fourth-order valence-electron chi connectivity index (χ4n) is 5.11. The number of aromatic nitrogens is 2. The molecule has 3 aromatic carbocycles. The molecule has 0 fully saturated rings. The maximum absolute atomic E-state index is 11.9. The smallest absolute Gasteiger partial charge is 0.337 e. The number of carbonyl (C=O) groups is 1. The van der Waals surface area contributed by atoms with Crippen molar-refractivity contribution in [3.63, 3.8) is 0 Å². The third-order valence-electron chi connectivity index (χ3n) is 7.50. The Morgan fingerprint density at radius 3 is 2.23 bits per heavy atom. The van der Waals surface area contributed by atoms with Crippen LogP contribution in [-0.4, -0.2) is 34.1 Å². The van der Waals surface area contributed by atoms with Crippen LogP contribution in [-0.2, 0) is 24.4 Å². The molecule has 1 heterocycles. The molecule has 210 valence electrons. The first-order valence-corrected chi connectivity index (χ1v) is 14.6. The number of carbonyl (C=O) groups excluding carboxylic acids is 1. The van der Waals surface area contributed by atoms with Crippen molar-refractivity contribution in [1.82, 2.24) is 14.5 Å². The summed E-state index contributed by atoms with van der Waals surface area (Å²) in [6.07, 6.45) is 4.47.